The number of hydrogen-bond acceptors (Lipinski definition) is 2. The van der Waals surface area contributed by atoms with E-state index in [4.69, 9.17) is 0 Å². The Balaban J connectivity index is -0.000000180. The van der Waals surface area contributed by atoms with E-state index in [2.05, 4.69) is 14.1 Å². The summed E-state index contributed by atoms with van der Waals surface area (Å²) in [5, 5.41) is 0. The van der Waals surface area contributed by atoms with Crippen molar-refractivity contribution in [2.75, 3.05) is 20.8 Å². The second-order valence-corrected chi connectivity index (χ2v) is 1.85. The normalized spacial score (nSPS) is 8.67. The van der Waals surface area contributed by atoms with Crippen LogP contribution < -0.4 is 37.7 Å². The average molecular weight is 114 g/mol. The third kappa shape index (κ3) is 17.6. The van der Waals surface area contributed by atoms with Crippen molar-refractivity contribution in [2.45, 2.75) is 0 Å². The minimum Gasteiger partial charge on any atom is -0.452 e. The molecule has 4 heteroatoms. The fourth-order valence-electron chi connectivity index (χ4n) is 0.412. The third-order valence-corrected chi connectivity index (χ3v) is 0.483. The van der Waals surface area contributed by atoms with Crippen molar-refractivity contribution in [1.82, 2.24) is 9.80 Å². The standard InChI is InChI=1S/C5H12N2.2Li/c1-6(2)5-7(3)4;;/h1,3,5H2,2,4H3;;/q-2;2*+1. The van der Waals surface area contributed by atoms with Gasteiger partial charge in [0.1, 0.15) is 0 Å². The zero-order valence-corrected chi connectivity index (χ0v) is 7.02. The summed E-state index contributed by atoms with van der Waals surface area (Å²) in [6.07, 6.45) is 0. The molecule has 0 aromatic heterocycles. The van der Waals surface area contributed by atoms with Crippen molar-refractivity contribution in [3.63, 3.8) is 0 Å². The van der Waals surface area contributed by atoms with E-state index in [0.717, 1.165) is 6.67 Å². The van der Waals surface area contributed by atoms with Gasteiger partial charge in [0, 0.05) is 0 Å². The van der Waals surface area contributed by atoms with E-state index in [-0.39, 0.29) is 37.7 Å². The average Bonchev–Trinajstić information content (AvgIpc) is 1.27. The second-order valence-electron chi connectivity index (χ2n) is 1.85. The third-order valence-electron chi connectivity index (χ3n) is 0.483. The molecule has 0 aliphatic rings. The molecule has 0 fully saturated rings. The molecule has 0 N–H and O–H groups in total. The molecule has 9 heavy (non-hydrogen) atoms. The summed E-state index contributed by atoms with van der Waals surface area (Å²) < 4.78 is 0. The van der Waals surface area contributed by atoms with Crippen LogP contribution in [0.3, 0.4) is 0 Å². The van der Waals surface area contributed by atoms with Crippen molar-refractivity contribution >= 4 is 0 Å². The Morgan fingerprint density at radius 1 is 1.00 bits per heavy atom. The van der Waals surface area contributed by atoms with Crippen LogP contribution in [0, 0.1) is 14.1 Å². The fraction of sp³-hybridized carbons (Fsp3) is 0.600. The summed E-state index contributed by atoms with van der Waals surface area (Å²) in [5.41, 5.74) is 0. The molecule has 0 aliphatic carbocycles. The fourth-order valence-corrected chi connectivity index (χ4v) is 0.412. The van der Waals surface area contributed by atoms with Gasteiger partial charge in [0.05, 0.1) is 0 Å². The maximum Gasteiger partial charge on any atom is 1.00 e. The smallest absolute Gasteiger partial charge is 0.452 e. The van der Waals surface area contributed by atoms with E-state index in [0.29, 0.717) is 0 Å². The van der Waals surface area contributed by atoms with Crippen LogP contribution in [0.25, 0.3) is 0 Å². The number of rotatable bonds is 2. The largest absolute Gasteiger partial charge is 1.00 e. The minimum atomic E-state index is 0. The van der Waals surface area contributed by atoms with Gasteiger partial charge in [0.25, 0.3) is 0 Å². The van der Waals surface area contributed by atoms with Gasteiger partial charge in [-0.3, -0.25) is 14.1 Å². The summed E-state index contributed by atoms with van der Waals surface area (Å²) >= 11 is 0. The molecule has 0 radical (unpaired) electrons. The van der Waals surface area contributed by atoms with Crippen molar-refractivity contribution in [3.8, 4) is 0 Å². The first-order chi connectivity index (χ1) is 3.13. The first-order valence-corrected chi connectivity index (χ1v) is 2.16. The van der Waals surface area contributed by atoms with Gasteiger partial charge in [-0.2, -0.15) is 0 Å². The van der Waals surface area contributed by atoms with Crippen molar-refractivity contribution in [1.29, 1.82) is 0 Å². The molecule has 0 unspecified atom stereocenters. The topological polar surface area (TPSA) is 6.48 Å². The van der Waals surface area contributed by atoms with E-state index in [9.17, 15) is 0 Å². The van der Waals surface area contributed by atoms with Gasteiger partial charge >= 0.3 is 37.7 Å². The Labute approximate surface area is 82.3 Å². The minimum absolute atomic E-state index is 0. The summed E-state index contributed by atoms with van der Waals surface area (Å²) in [6, 6.07) is 0. The van der Waals surface area contributed by atoms with Gasteiger partial charge < -0.3 is 9.80 Å². The molecule has 0 heterocycles. The zero-order chi connectivity index (χ0) is 5.86. The Kier molecular flexibility index (Phi) is 16.8. The molecular formula is C5H12Li2N2. The van der Waals surface area contributed by atoms with Crippen LogP contribution in [0.2, 0.25) is 0 Å². The predicted octanol–water partition coefficient (Wildman–Crippen LogP) is -5.60. The van der Waals surface area contributed by atoms with Gasteiger partial charge in [0.2, 0.25) is 0 Å². The molecule has 44 valence electrons. The summed E-state index contributed by atoms with van der Waals surface area (Å²) in [6.45, 7) is 0.806. The Bertz CT molecular complexity index is 42.2. The molecule has 0 saturated heterocycles. The maximum atomic E-state index is 3.63. The monoisotopic (exact) mass is 114 g/mol. The molecule has 0 aliphatic heterocycles. The van der Waals surface area contributed by atoms with E-state index in [1.54, 1.807) is 0 Å². The van der Waals surface area contributed by atoms with Crippen LogP contribution in [0.15, 0.2) is 0 Å². The van der Waals surface area contributed by atoms with E-state index >= 15 is 0 Å². The van der Waals surface area contributed by atoms with Crippen LogP contribution >= 0.6 is 0 Å². The molecule has 0 atom stereocenters. The van der Waals surface area contributed by atoms with Crippen molar-refractivity contribution < 1.29 is 37.7 Å². The van der Waals surface area contributed by atoms with E-state index in [1.807, 2.05) is 23.9 Å². The first-order valence-electron chi connectivity index (χ1n) is 2.16. The molecule has 0 aromatic rings. The Morgan fingerprint density at radius 2 is 1.22 bits per heavy atom. The quantitative estimate of drug-likeness (QED) is 0.201. The molecule has 0 rings (SSSR count). The van der Waals surface area contributed by atoms with Gasteiger partial charge in [-0.1, -0.05) is 0 Å². The molecule has 0 saturated carbocycles. The Morgan fingerprint density at radius 3 is 1.22 bits per heavy atom. The van der Waals surface area contributed by atoms with Gasteiger partial charge in [-0.25, -0.2) is 0 Å². The van der Waals surface area contributed by atoms with Crippen LogP contribution in [-0.4, -0.2) is 30.6 Å². The SMILES string of the molecule is [CH2-]N(C)CN([CH2-])C.[Li+].[Li+]. The van der Waals surface area contributed by atoms with E-state index < -0.39 is 0 Å². The van der Waals surface area contributed by atoms with Crippen molar-refractivity contribution in [2.24, 2.45) is 0 Å². The van der Waals surface area contributed by atoms with Gasteiger partial charge in [0.15, 0.2) is 0 Å². The summed E-state index contributed by atoms with van der Waals surface area (Å²) in [7, 11) is 11.1. The number of nitrogens with zero attached hydrogens (tertiary/aromatic N) is 2. The van der Waals surface area contributed by atoms with Crippen LogP contribution in [0.4, 0.5) is 0 Å². The predicted molar refractivity (Wildman–Crippen MR) is 31.1 cm³/mol. The maximum absolute atomic E-state index is 3.63. The van der Waals surface area contributed by atoms with E-state index in [1.165, 1.54) is 0 Å². The summed E-state index contributed by atoms with van der Waals surface area (Å²) in [5.74, 6) is 0. The van der Waals surface area contributed by atoms with Crippen LogP contribution in [-0.2, 0) is 0 Å². The second kappa shape index (κ2) is 9.11. The van der Waals surface area contributed by atoms with Crippen LogP contribution in [0.5, 0.6) is 0 Å². The zero-order valence-electron chi connectivity index (χ0n) is 7.02. The molecule has 0 amide bonds. The molecule has 2 nitrogen and oxygen atoms in total. The molecular weight excluding hydrogens is 102 g/mol. The summed E-state index contributed by atoms with van der Waals surface area (Å²) in [4.78, 5) is 3.62. The van der Waals surface area contributed by atoms with Gasteiger partial charge in [-0.15, -0.1) is 0 Å². The van der Waals surface area contributed by atoms with Crippen molar-refractivity contribution in [3.05, 3.63) is 14.1 Å². The number of hydrogen-bond donors (Lipinski definition) is 0. The molecule has 0 bridgehead atoms. The molecule has 0 aromatic carbocycles. The van der Waals surface area contributed by atoms with Crippen LogP contribution in [0.1, 0.15) is 0 Å². The first kappa shape index (κ1) is 16.6. The molecule has 0 spiro atoms. The Hall–Kier alpha value is 1.11. The van der Waals surface area contributed by atoms with Gasteiger partial charge in [-0.05, 0) is 20.8 Å².